The first kappa shape index (κ1) is 17.0. The van der Waals surface area contributed by atoms with Gasteiger partial charge in [-0.2, -0.15) is 0 Å². The van der Waals surface area contributed by atoms with Crippen LogP contribution in [-0.2, 0) is 6.42 Å². The molecule has 3 heteroatoms. The van der Waals surface area contributed by atoms with Crippen molar-refractivity contribution in [2.24, 2.45) is 11.8 Å². The lowest BCUT2D eigenvalue weighted by Gasteiger charge is -2.42. The highest BCUT2D eigenvalue weighted by molar-refractivity contribution is 9.10. The number of halogens is 1. The highest BCUT2D eigenvalue weighted by Crippen LogP contribution is 2.35. The Labute approximate surface area is 137 Å². The fourth-order valence-corrected chi connectivity index (χ4v) is 4.03. The predicted octanol–water partition coefficient (Wildman–Crippen LogP) is 4.16. The molecule has 0 amide bonds. The largest absolute Gasteiger partial charge is 0.393 e. The fourth-order valence-electron chi connectivity index (χ4n) is 3.54. The standard InChI is InChI=1S/C18H28BrNO/c1-13-8-9-15(17(21)12-13)18(2,3)20-11-10-14-6-4-5-7-16(14)19/h4-7,13,15,17,20-21H,8-12H2,1-3H3/t13-,15-,17-/m1/s1. The highest BCUT2D eigenvalue weighted by Gasteiger charge is 2.37. The van der Waals surface area contributed by atoms with E-state index in [0.29, 0.717) is 11.8 Å². The second kappa shape index (κ2) is 7.26. The minimum atomic E-state index is -0.167. The Hall–Kier alpha value is -0.380. The van der Waals surface area contributed by atoms with Crippen LogP contribution in [-0.4, -0.2) is 23.3 Å². The third-order valence-corrected chi connectivity index (χ3v) is 5.71. The van der Waals surface area contributed by atoms with Gasteiger partial charge in [0.2, 0.25) is 0 Å². The van der Waals surface area contributed by atoms with Gasteiger partial charge < -0.3 is 10.4 Å². The van der Waals surface area contributed by atoms with Gasteiger partial charge in [-0.3, -0.25) is 0 Å². The monoisotopic (exact) mass is 353 g/mol. The molecule has 2 nitrogen and oxygen atoms in total. The molecule has 3 atom stereocenters. The number of hydrogen-bond donors (Lipinski definition) is 2. The zero-order valence-corrected chi connectivity index (χ0v) is 15.0. The van der Waals surface area contributed by atoms with E-state index in [1.165, 1.54) is 16.5 Å². The van der Waals surface area contributed by atoms with Crippen molar-refractivity contribution in [3.63, 3.8) is 0 Å². The molecule has 2 N–H and O–H groups in total. The van der Waals surface area contributed by atoms with E-state index in [4.69, 9.17) is 0 Å². The lowest BCUT2D eigenvalue weighted by molar-refractivity contribution is 0.00633. The Morgan fingerprint density at radius 3 is 2.67 bits per heavy atom. The topological polar surface area (TPSA) is 32.3 Å². The minimum Gasteiger partial charge on any atom is -0.393 e. The van der Waals surface area contributed by atoms with Crippen molar-refractivity contribution in [2.75, 3.05) is 6.54 Å². The molecule has 0 aliphatic heterocycles. The zero-order chi connectivity index (χ0) is 15.5. The first-order chi connectivity index (χ1) is 9.90. The molecular weight excluding hydrogens is 326 g/mol. The van der Waals surface area contributed by atoms with Crippen molar-refractivity contribution in [3.05, 3.63) is 34.3 Å². The molecule has 1 saturated carbocycles. The van der Waals surface area contributed by atoms with Crippen LogP contribution in [0.2, 0.25) is 0 Å². The molecule has 1 aliphatic rings. The third-order valence-electron chi connectivity index (χ3n) is 4.94. The number of nitrogens with one attached hydrogen (secondary N) is 1. The van der Waals surface area contributed by atoms with Crippen molar-refractivity contribution in [3.8, 4) is 0 Å². The molecule has 0 saturated heterocycles. The van der Waals surface area contributed by atoms with Gasteiger partial charge in [0.1, 0.15) is 0 Å². The fraction of sp³-hybridized carbons (Fsp3) is 0.667. The minimum absolute atomic E-state index is 0.0131. The van der Waals surface area contributed by atoms with E-state index in [1.807, 2.05) is 6.07 Å². The van der Waals surface area contributed by atoms with Gasteiger partial charge in [0, 0.05) is 15.9 Å². The van der Waals surface area contributed by atoms with E-state index in [-0.39, 0.29) is 11.6 Å². The van der Waals surface area contributed by atoms with Crippen LogP contribution in [0.4, 0.5) is 0 Å². The van der Waals surface area contributed by atoms with Crippen LogP contribution < -0.4 is 5.32 Å². The maximum atomic E-state index is 10.4. The molecule has 1 aliphatic carbocycles. The van der Waals surface area contributed by atoms with Crippen LogP contribution in [0.3, 0.4) is 0 Å². The van der Waals surface area contributed by atoms with E-state index in [2.05, 4.69) is 60.2 Å². The average molecular weight is 354 g/mol. The Balaban J connectivity index is 1.88. The van der Waals surface area contributed by atoms with E-state index < -0.39 is 0 Å². The zero-order valence-electron chi connectivity index (χ0n) is 13.4. The molecule has 1 aromatic carbocycles. The summed E-state index contributed by atoms with van der Waals surface area (Å²) in [6, 6.07) is 8.38. The van der Waals surface area contributed by atoms with Gasteiger partial charge in [-0.25, -0.2) is 0 Å². The van der Waals surface area contributed by atoms with Crippen molar-refractivity contribution in [1.82, 2.24) is 5.32 Å². The number of rotatable bonds is 5. The molecule has 21 heavy (non-hydrogen) atoms. The Kier molecular flexibility index (Phi) is 5.87. The summed E-state index contributed by atoms with van der Waals surface area (Å²) in [6.45, 7) is 7.65. The maximum Gasteiger partial charge on any atom is 0.0588 e. The Morgan fingerprint density at radius 2 is 2.00 bits per heavy atom. The van der Waals surface area contributed by atoms with Gasteiger partial charge in [-0.1, -0.05) is 47.5 Å². The van der Waals surface area contributed by atoms with Crippen LogP contribution >= 0.6 is 15.9 Å². The first-order valence-corrected chi connectivity index (χ1v) is 8.86. The number of hydrogen-bond acceptors (Lipinski definition) is 2. The smallest absolute Gasteiger partial charge is 0.0588 e. The molecule has 0 heterocycles. The summed E-state index contributed by atoms with van der Waals surface area (Å²) in [5.74, 6) is 1.01. The summed E-state index contributed by atoms with van der Waals surface area (Å²) in [5.41, 5.74) is 1.32. The molecule has 0 radical (unpaired) electrons. The van der Waals surface area contributed by atoms with Gasteiger partial charge >= 0.3 is 0 Å². The molecule has 118 valence electrons. The molecule has 2 rings (SSSR count). The van der Waals surface area contributed by atoms with E-state index in [1.54, 1.807) is 0 Å². The lowest BCUT2D eigenvalue weighted by Crippen LogP contribution is -2.52. The van der Waals surface area contributed by atoms with Crippen molar-refractivity contribution >= 4 is 15.9 Å². The van der Waals surface area contributed by atoms with E-state index in [0.717, 1.165) is 25.8 Å². The van der Waals surface area contributed by atoms with Crippen molar-refractivity contribution in [1.29, 1.82) is 0 Å². The molecule has 0 spiro atoms. The molecular formula is C18H28BrNO. The number of aliphatic hydroxyl groups is 1. The summed E-state index contributed by atoms with van der Waals surface area (Å²) in [5, 5.41) is 14.1. The van der Waals surface area contributed by atoms with Gasteiger partial charge in [0.25, 0.3) is 0 Å². The maximum absolute atomic E-state index is 10.4. The van der Waals surface area contributed by atoms with Crippen LogP contribution in [0.15, 0.2) is 28.7 Å². The second-order valence-electron chi connectivity index (χ2n) is 7.08. The summed E-state index contributed by atoms with van der Waals surface area (Å²) >= 11 is 3.60. The second-order valence-corrected chi connectivity index (χ2v) is 7.94. The van der Waals surface area contributed by atoms with Gasteiger partial charge in [-0.05, 0) is 57.2 Å². The molecule has 0 aromatic heterocycles. The lowest BCUT2D eigenvalue weighted by atomic mass is 9.72. The SMILES string of the molecule is C[C@@H]1CC[C@@H](C(C)(C)NCCc2ccccc2Br)[C@H](O)C1. The van der Waals surface area contributed by atoms with Crippen LogP contribution in [0.25, 0.3) is 0 Å². The van der Waals surface area contributed by atoms with Gasteiger partial charge in [0.05, 0.1) is 6.10 Å². The Morgan fingerprint density at radius 1 is 1.29 bits per heavy atom. The summed E-state index contributed by atoms with van der Waals surface area (Å²) in [4.78, 5) is 0. The van der Waals surface area contributed by atoms with Gasteiger partial charge in [-0.15, -0.1) is 0 Å². The van der Waals surface area contributed by atoms with Crippen LogP contribution in [0.5, 0.6) is 0 Å². The molecule has 0 unspecified atom stereocenters. The quantitative estimate of drug-likeness (QED) is 0.832. The van der Waals surface area contributed by atoms with Crippen LogP contribution in [0, 0.1) is 11.8 Å². The summed E-state index contributed by atoms with van der Waals surface area (Å²) in [6.07, 6.45) is 4.14. The molecule has 0 bridgehead atoms. The molecule has 1 aromatic rings. The third kappa shape index (κ3) is 4.54. The summed E-state index contributed by atoms with van der Waals surface area (Å²) < 4.78 is 1.18. The number of aliphatic hydroxyl groups excluding tert-OH is 1. The summed E-state index contributed by atoms with van der Waals surface area (Å²) in [7, 11) is 0. The first-order valence-electron chi connectivity index (χ1n) is 8.06. The van der Waals surface area contributed by atoms with Gasteiger partial charge in [0.15, 0.2) is 0 Å². The van der Waals surface area contributed by atoms with Crippen LogP contribution in [0.1, 0.15) is 45.6 Å². The molecule has 1 fully saturated rings. The highest BCUT2D eigenvalue weighted by atomic mass is 79.9. The van der Waals surface area contributed by atoms with E-state index >= 15 is 0 Å². The van der Waals surface area contributed by atoms with E-state index in [9.17, 15) is 5.11 Å². The average Bonchev–Trinajstić information content (AvgIpc) is 2.40. The van der Waals surface area contributed by atoms with Crippen molar-refractivity contribution < 1.29 is 5.11 Å². The Bertz CT molecular complexity index is 460. The van der Waals surface area contributed by atoms with Crippen molar-refractivity contribution in [2.45, 2.75) is 58.1 Å². The normalized spacial score (nSPS) is 26.8. The predicted molar refractivity (Wildman–Crippen MR) is 92.4 cm³/mol. The number of benzene rings is 1.